The molecule has 1 aromatic heterocycles. The number of carbonyl (C=O) groups excluding carboxylic acids is 2. The molecule has 0 radical (unpaired) electrons. The molecule has 3 heterocycles. The lowest BCUT2D eigenvalue weighted by atomic mass is 10.2. The highest BCUT2D eigenvalue weighted by Crippen LogP contribution is 2.22. The average Bonchev–Trinajstić information content (AvgIpc) is 3.07. The molecule has 0 atom stereocenters. The van der Waals surface area contributed by atoms with E-state index in [0.717, 1.165) is 19.3 Å². The highest BCUT2D eigenvalue weighted by molar-refractivity contribution is 7.99. The highest BCUT2D eigenvalue weighted by Gasteiger charge is 2.27. The van der Waals surface area contributed by atoms with Gasteiger partial charge in [-0.05, 0) is 25.0 Å². The lowest BCUT2D eigenvalue weighted by Gasteiger charge is -2.25. The lowest BCUT2D eigenvalue weighted by molar-refractivity contribution is -0.124. The van der Waals surface area contributed by atoms with E-state index in [1.807, 2.05) is 0 Å². The Kier molecular flexibility index (Phi) is 5.60. The van der Waals surface area contributed by atoms with Crippen LogP contribution in [0.25, 0.3) is 0 Å². The Labute approximate surface area is 151 Å². The van der Waals surface area contributed by atoms with E-state index in [0.29, 0.717) is 31.2 Å². The van der Waals surface area contributed by atoms with Gasteiger partial charge in [0.1, 0.15) is 4.90 Å². The van der Waals surface area contributed by atoms with E-state index in [-0.39, 0.29) is 22.6 Å². The monoisotopic (exact) mass is 384 g/mol. The Morgan fingerprint density at radius 1 is 1.20 bits per heavy atom. The normalized spacial score (nSPS) is 19.0. The van der Waals surface area contributed by atoms with Gasteiger partial charge in [-0.1, -0.05) is 18.2 Å². The number of imide groups is 1. The molecular weight excluding hydrogens is 364 g/mol. The number of hydrogen-bond acceptors (Lipinski definition) is 6. The van der Waals surface area contributed by atoms with Crippen LogP contribution in [0.5, 0.6) is 0 Å². The van der Waals surface area contributed by atoms with Gasteiger partial charge >= 0.3 is 6.03 Å². The van der Waals surface area contributed by atoms with Crippen LogP contribution in [-0.2, 0) is 14.8 Å². The second kappa shape index (κ2) is 7.71. The third-order valence-corrected chi connectivity index (χ3v) is 6.97. The SMILES string of the molecule is O=C(CSc1ccc(S(=O)(=O)N2CCCCC2)cn1)N1CCNC1=O. The van der Waals surface area contributed by atoms with Crippen molar-refractivity contribution in [3.63, 3.8) is 0 Å². The predicted molar refractivity (Wildman–Crippen MR) is 92.7 cm³/mol. The van der Waals surface area contributed by atoms with Crippen molar-refractivity contribution < 1.29 is 18.0 Å². The predicted octanol–water partition coefficient (Wildman–Crippen LogP) is 0.900. The van der Waals surface area contributed by atoms with Gasteiger partial charge in [0.05, 0.1) is 10.8 Å². The van der Waals surface area contributed by atoms with E-state index in [2.05, 4.69) is 10.3 Å². The summed E-state index contributed by atoms with van der Waals surface area (Å²) in [5, 5.41) is 3.12. The summed E-state index contributed by atoms with van der Waals surface area (Å²) in [4.78, 5) is 28.9. The van der Waals surface area contributed by atoms with Crippen molar-refractivity contribution in [2.75, 3.05) is 31.9 Å². The topological polar surface area (TPSA) is 99.7 Å². The first-order valence-corrected chi connectivity index (χ1v) is 10.6. The molecule has 0 saturated carbocycles. The van der Waals surface area contributed by atoms with Crippen molar-refractivity contribution in [1.29, 1.82) is 0 Å². The smallest absolute Gasteiger partial charge is 0.324 e. The fraction of sp³-hybridized carbons (Fsp3) is 0.533. The maximum atomic E-state index is 12.5. The largest absolute Gasteiger partial charge is 0.336 e. The first kappa shape index (κ1) is 18.2. The van der Waals surface area contributed by atoms with E-state index < -0.39 is 10.0 Å². The maximum Gasteiger partial charge on any atom is 0.324 e. The minimum absolute atomic E-state index is 0.0820. The Balaban J connectivity index is 1.60. The molecule has 1 aromatic rings. The van der Waals surface area contributed by atoms with Gasteiger partial charge in [-0.15, -0.1) is 0 Å². The summed E-state index contributed by atoms with van der Waals surface area (Å²) in [5.74, 6) is -0.203. The van der Waals surface area contributed by atoms with Crippen LogP contribution in [-0.4, -0.2) is 66.5 Å². The fourth-order valence-corrected chi connectivity index (χ4v) is 4.96. The van der Waals surface area contributed by atoms with Crippen LogP contribution in [0.4, 0.5) is 4.79 Å². The number of aromatic nitrogens is 1. The van der Waals surface area contributed by atoms with Gasteiger partial charge in [-0.25, -0.2) is 18.2 Å². The van der Waals surface area contributed by atoms with Crippen molar-refractivity contribution in [2.45, 2.75) is 29.2 Å². The van der Waals surface area contributed by atoms with Crippen molar-refractivity contribution in [1.82, 2.24) is 19.5 Å². The summed E-state index contributed by atoms with van der Waals surface area (Å²) in [7, 11) is -3.50. The molecule has 1 N–H and O–H groups in total. The van der Waals surface area contributed by atoms with E-state index in [1.165, 1.54) is 33.2 Å². The number of thioether (sulfide) groups is 1. The molecule has 136 valence electrons. The minimum atomic E-state index is -3.50. The average molecular weight is 384 g/mol. The standard InChI is InChI=1S/C15H20N4O4S2/c20-14(19-9-6-16-15(19)21)11-24-13-5-4-12(10-17-13)25(22,23)18-7-2-1-3-8-18/h4-5,10H,1-3,6-9,11H2,(H,16,21). The number of pyridine rings is 1. The summed E-state index contributed by atoms with van der Waals surface area (Å²) in [5.41, 5.74) is 0. The Hall–Kier alpha value is -1.65. The summed E-state index contributed by atoms with van der Waals surface area (Å²) in [6, 6.07) is 2.74. The molecule has 3 rings (SSSR count). The Morgan fingerprint density at radius 2 is 1.96 bits per heavy atom. The van der Waals surface area contributed by atoms with Gasteiger partial charge in [0.15, 0.2) is 0 Å². The molecule has 0 spiro atoms. The molecule has 2 aliphatic heterocycles. The number of urea groups is 1. The fourth-order valence-electron chi connectivity index (χ4n) is 2.78. The zero-order chi connectivity index (χ0) is 17.9. The molecule has 8 nitrogen and oxygen atoms in total. The zero-order valence-corrected chi connectivity index (χ0v) is 15.3. The Morgan fingerprint density at radius 3 is 2.56 bits per heavy atom. The van der Waals surface area contributed by atoms with Crippen LogP contribution in [0.1, 0.15) is 19.3 Å². The number of nitrogens with one attached hydrogen (secondary N) is 1. The molecule has 0 unspecified atom stereocenters. The van der Waals surface area contributed by atoms with Crippen LogP contribution < -0.4 is 5.32 Å². The number of carbonyl (C=O) groups is 2. The van der Waals surface area contributed by atoms with Gasteiger partial charge in [-0.3, -0.25) is 9.69 Å². The summed E-state index contributed by atoms with van der Waals surface area (Å²) in [6.07, 6.45) is 4.15. The molecule has 2 fully saturated rings. The van der Waals surface area contributed by atoms with Crippen molar-refractivity contribution in [3.8, 4) is 0 Å². The molecule has 0 aromatic carbocycles. The van der Waals surface area contributed by atoms with Gasteiger partial charge < -0.3 is 5.32 Å². The van der Waals surface area contributed by atoms with Crippen LogP contribution in [0.2, 0.25) is 0 Å². The summed E-state index contributed by atoms with van der Waals surface area (Å²) < 4.78 is 26.6. The molecule has 25 heavy (non-hydrogen) atoms. The number of amides is 3. The van der Waals surface area contributed by atoms with E-state index >= 15 is 0 Å². The second-order valence-electron chi connectivity index (χ2n) is 5.86. The molecule has 0 bridgehead atoms. The summed E-state index contributed by atoms with van der Waals surface area (Å²) in [6.45, 7) is 1.94. The van der Waals surface area contributed by atoms with Crippen molar-refractivity contribution in [2.24, 2.45) is 0 Å². The van der Waals surface area contributed by atoms with E-state index in [1.54, 1.807) is 6.07 Å². The Bertz CT molecular complexity index is 745. The van der Waals surface area contributed by atoms with Gasteiger partial charge in [0, 0.05) is 32.4 Å². The molecule has 3 amide bonds. The van der Waals surface area contributed by atoms with Gasteiger partial charge in [0.2, 0.25) is 15.9 Å². The van der Waals surface area contributed by atoms with Crippen molar-refractivity contribution >= 4 is 33.7 Å². The molecule has 2 aliphatic rings. The van der Waals surface area contributed by atoms with Crippen molar-refractivity contribution in [3.05, 3.63) is 18.3 Å². The number of sulfonamides is 1. The molecule has 0 aliphatic carbocycles. The van der Waals surface area contributed by atoms with Crippen LogP contribution in [0.15, 0.2) is 28.3 Å². The quantitative estimate of drug-likeness (QED) is 0.757. The van der Waals surface area contributed by atoms with E-state index in [4.69, 9.17) is 0 Å². The van der Waals surface area contributed by atoms with Gasteiger partial charge in [0.25, 0.3) is 0 Å². The zero-order valence-electron chi connectivity index (χ0n) is 13.7. The molecule has 10 heteroatoms. The second-order valence-corrected chi connectivity index (χ2v) is 8.80. The van der Waals surface area contributed by atoms with Crippen LogP contribution >= 0.6 is 11.8 Å². The minimum Gasteiger partial charge on any atom is -0.336 e. The molecular formula is C15H20N4O4S2. The van der Waals surface area contributed by atoms with Crippen LogP contribution in [0.3, 0.4) is 0 Å². The van der Waals surface area contributed by atoms with Crippen LogP contribution in [0, 0.1) is 0 Å². The van der Waals surface area contributed by atoms with Gasteiger partial charge in [-0.2, -0.15) is 4.31 Å². The lowest BCUT2D eigenvalue weighted by Crippen LogP contribution is -2.35. The summed E-state index contributed by atoms with van der Waals surface area (Å²) >= 11 is 1.18. The third-order valence-electron chi connectivity index (χ3n) is 4.16. The number of hydrogen-bond donors (Lipinski definition) is 1. The highest BCUT2D eigenvalue weighted by atomic mass is 32.2. The van der Waals surface area contributed by atoms with E-state index in [9.17, 15) is 18.0 Å². The number of nitrogens with zero attached hydrogens (tertiary/aromatic N) is 3. The third kappa shape index (κ3) is 4.13. The first-order chi connectivity index (χ1) is 12.0. The number of piperidine rings is 1. The number of rotatable bonds is 5. The molecule has 2 saturated heterocycles. The first-order valence-electron chi connectivity index (χ1n) is 8.16. The maximum absolute atomic E-state index is 12.5.